The normalized spacial score (nSPS) is 27.7. The van der Waals surface area contributed by atoms with E-state index >= 15 is 0 Å². The van der Waals surface area contributed by atoms with Crippen LogP contribution in [-0.2, 0) is 4.74 Å². The molecule has 0 aliphatic carbocycles. The lowest BCUT2D eigenvalue weighted by Gasteiger charge is -2.35. The zero-order chi connectivity index (χ0) is 19.2. The molecule has 0 bridgehead atoms. The van der Waals surface area contributed by atoms with E-state index in [1.165, 1.54) is 50.2 Å². The molecule has 156 valence electrons. The van der Waals surface area contributed by atoms with Gasteiger partial charge in [0.1, 0.15) is 0 Å². The fourth-order valence-electron chi connectivity index (χ4n) is 4.66. The van der Waals surface area contributed by atoms with Gasteiger partial charge in [-0.05, 0) is 63.7 Å². The number of aliphatic imine (C=N–C) groups is 1. The third kappa shape index (κ3) is 5.06. The number of ether oxygens (including phenoxy) is 1. The van der Waals surface area contributed by atoms with Gasteiger partial charge in [-0.3, -0.25) is 14.8 Å². The van der Waals surface area contributed by atoms with E-state index in [0.717, 1.165) is 38.7 Å². The van der Waals surface area contributed by atoms with Crippen LogP contribution < -0.4 is 10.6 Å². The molecule has 6 nitrogen and oxygen atoms in total. The van der Waals surface area contributed by atoms with Crippen LogP contribution in [0.5, 0.6) is 0 Å². The van der Waals surface area contributed by atoms with Gasteiger partial charge in [-0.15, -0.1) is 11.3 Å². The van der Waals surface area contributed by atoms with Crippen LogP contribution >= 0.6 is 11.3 Å². The lowest BCUT2D eigenvalue weighted by atomic mass is 10.2. The average molecular weight is 406 g/mol. The number of hydrogen-bond donors (Lipinski definition) is 2. The molecule has 3 unspecified atom stereocenters. The van der Waals surface area contributed by atoms with E-state index in [0.29, 0.717) is 12.1 Å². The number of fused-ring (bicyclic) bond motifs is 1. The van der Waals surface area contributed by atoms with Crippen molar-refractivity contribution in [2.24, 2.45) is 4.99 Å². The highest BCUT2D eigenvalue weighted by atomic mass is 32.1. The molecule has 0 spiro atoms. The first-order chi connectivity index (χ1) is 13.8. The number of thiophene rings is 1. The minimum absolute atomic E-state index is 0.255. The Labute approximate surface area is 173 Å². The minimum atomic E-state index is 0.255. The van der Waals surface area contributed by atoms with E-state index in [2.05, 4.69) is 44.9 Å². The first-order valence-electron chi connectivity index (χ1n) is 11.0. The molecule has 3 aliphatic heterocycles. The molecule has 4 heterocycles. The molecule has 1 aromatic rings. The maximum atomic E-state index is 6.09. The van der Waals surface area contributed by atoms with Gasteiger partial charge in [0.05, 0.1) is 25.3 Å². The van der Waals surface area contributed by atoms with E-state index in [-0.39, 0.29) is 6.10 Å². The van der Waals surface area contributed by atoms with Gasteiger partial charge in [0.25, 0.3) is 0 Å². The topological polar surface area (TPSA) is 52.1 Å². The molecule has 3 atom stereocenters. The van der Waals surface area contributed by atoms with Crippen molar-refractivity contribution in [3.8, 4) is 0 Å². The Morgan fingerprint density at radius 2 is 2.18 bits per heavy atom. The van der Waals surface area contributed by atoms with E-state index in [1.54, 1.807) is 0 Å². The molecular weight excluding hydrogens is 370 g/mol. The summed E-state index contributed by atoms with van der Waals surface area (Å²) in [6, 6.07) is 5.47. The van der Waals surface area contributed by atoms with Gasteiger partial charge in [-0.2, -0.15) is 0 Å². The lowest BCUT2D eigenvalue weighted by molar-refractivity contribution is -0.0453. The van der Waals surface area contributed by atoms with E-state index in [9.17, 15) is 0 Å². The van der Waals surface area contributed by atoms with Crippen LogP contribution in [0.4, 0.5) is 0 Å². The van der Waals surface area contributed by atoms with Gasteiger partial charge >= 0.3 is 0 Å². The van der Waals surface area contributed by atoms with Gasteiger partial charge in [-0.25, -0.2) is 0 Å². The molecule has 3 fully saturated rings. The zero-order valence-corrected chi connectivity index (χ0v) is 17.9. The Morgan fingerprint density at radius 1 is 1.29 bits per heavy atom. The number of nitrogens with one attached hydrogen (secondary N) is 2. The van der Waals surface area contributed by atoms with Crippen LogP contribution in [0.1, 0.15) is 43.5 Å². The molecule has 0 amide bonds. The maximum absolute atomic E-state index is 6.09. The number of hydrogen-bond acceptors (Lipinski definition) is 5. The summed E-state index contributed by atoms with van der Waals surface area (Å²) in [6.45, 7) is 10.2. The summed E-state index contributed by atoms with van der Waals surface area (Å²) in [5.74, 6) is 0.912. The fraction of sp³-hybridized carbons (Fsp3) is 0.762. The Morgan fingerprint density at radius 3 is 2.96 bits per heavy atom. The average Bonchev–Trinajstić information content (AvgIpc) is 3.48. The highest BCUT2D eigenvalue weighted by Crippen LogP contribution is 2.28. The van der Waals surface area contributed by atoms with Crippen molar-refractivity contribution in [2.75, 3.05) is 52.4 Å². The Hall–Kier alpha value is -1.15. The Bertz CT molecular complexity index is 616. The summed E-state index contributed by atoms with van der Waals surface area (Å²) in [5.41, 5.74) is 0. The van der Waals surface area contributed by atoms with Gasteiger partial charge in [0.2, 0.25) is 0 Å². The molecular formula is C21H35N5OS. The molecule has 3 saturated heterocycles. The SMILES string of the molecule is CCNC(=NCC(c1cccs1)N1CCCC1)NCC1CN2CCCC2CO1. The quantitative estimate of drug-likeness (QED) is 0.539. The molecule has 0 aromatic carbocycles. The van der Waals surface area contributed by atoms with Crippen molar-refractivity contribution in [1.29, 1.82) is 0 Å². The predicted molar refractivity (Wildman–Crippen MR) is 116 cm³/mol. The standard InChI is InChI=1S/C21H35N5OS/c1-2-22-21(23-13-18-15-26-11-5-7-17(26)16-27-18)24-14-19(20-8-6-12-28-20)25-9-3-4-10-25/h6,8,12,17-19H,2-5,7,9-11,13-16H2,1H3,(H2,22,23,24). The second-order valence-corrected chi connectivity index (χ2v) is 9.10. The van der Waals surface area contributed by atoms with Gasteiger partial charge in [-0.1, -0.05) is 6.07 Å². The summed E-state index contributed by atoms with van der Waals surface area (Å²) >= 11 is 1.85. The number of guanidine groups is 1. The van der Waals surface area contributed by atoms with Gasteiger partial charge in [0.15, 0.2) is 5.96 Å². The highest BCUT2D eigenvalue weighted by molar-refractivity contribution is 7.10. The van der Waals surface area contributed by atoms with Crippen LogP contribution in [0, 0.1) is 0 Å². The smallest absolute Gasteiger partial charge is 0.191 e. The lowest BCUT2D eigenvalue weighted by Crippen LogP contribution is -2.51. The summed E-state index contributed by atoms with van der Waals surface area (Å²) in [6.07, 6.45) is 5.48. The molecule has 0 radical (unpaired) electrons. The third-order valence-corrected chi connectivity index (χ3v) is 7.15. The first-order valence-corrected chi connectivity index (χ1v) is 11.9. The number of likely N-dealkylation sites (tertiary alicyclic amines) is 1. The van der Waals surface area contributed by atoms with Crippen molar-refractivity contribution >= 4 is 17.3 Å². The third-order valence-electron chi connectivity index (χ3n) is 6.18. The molecule has 7 heteroatoms. The summed E-state index contributed by atoms with van der Waals surface area (Å²) < 4.78 is 6.09. The number of morpholine rings is 1. The minimum Gasteiger partial charge on any atom is -0.373 e. The maximum Gasteiger partial charge on any atom is 0.191 e. The number of rotatable bonds is 7. The second-order valence-electron chi connectivity index (χ2n) is 8.12. The van der Waals surface area contributed by atoms with Gasteiger partial charge < -0.3 is 15.4 Å². The van der Waals surface area contributed by atoms with Gasteiger partial charge in [0, 0.05) is 30.6 Å². The van der Waals surface area contributed by atoms with Crippen molar-refractivity contribution in [3.63, 3.8) is 0 Å². The molecule has 1 aromatic heterocycles. The van der Waals surface area contributed by atoms with E-state index < -0.39 is 0 Å². The van der Waals surface area contributed by atoms with Crippen molar-refractivity contribution in [1.82, 2.24) is 20.4 Å². The molecule has 2 N–H and O–H groups in total. The van der Waals surface area contributed by atoms with Crippen LogP contribution in [0.25, 0.3) is 0 Å². The second kappa shape index (κ2) is 10.1. The monoisotopic (exact) mass is 405 g/mol. The molecule has 28 heavy (non-hydrogen) atoms. The summed E-state index contributed by atoms with van der Waals surface area (Å²) in [4.78, 5) is 11.6. The van der Waals surface area contributed by atoms with Crippen molar-refractivity contribution < 1.29 is 4.74 Å². The zero-order valence-electron chi connectivity index (χ0n) is 17.1. The first kappa shape index (κ1) is 20.1. The van der Waals surface area contributed by atoms with E-state index in [1.807, 2.05) is 11.3 Å². The number of nitrogens with zero attached hydrogens (tertiary/aromatic N) is 3. The summed E-state index contributed by atoms with van der Waals surface area (Å²) in [5, 5.41) is 9.13. The van der Waals surface area contributed by atoms with E-state index in [4.69, 9.17) is 9.73 Å². The van der Waals surface area contributed by atoms with Crippen LogP contribution in [0.15, 0.2) is 22.5 Å². The molecule has 0 saturated carbocycles. The highest BCUT2D eigenvalue weighted by Gasteiger charge is 2.32. The van der Waals surface area contributed by atoms with Crippen molar-refractivity contribution in [2.45, 2.75) is 50.8 Å². The summed E-state index contributed by atoms with van der Waals surface area (Å²) in [7, 11) is 0. The molecule has 4 rings (SSSR count). The fourth-order valence-corrected chi connectivity index (χ4v) is 5.51. The molecule has 3 aliphatic rings. The van der Waals surface area contributed by atoms with Crippen LogP contribution in [0.3, 0.4) is 0 Å². The Kier molecular flexibility index (Phi) is 7.23. The largest absolute Gasteiger partial charge is 0.373 e. The van der Waals surface area contributed by atoms with Crippen LogP contribution in [0.2, 0.25) is 0 Å². The van der Waals surface area contributed by atoms with Crippen molar-refractivity contribution in [3.05, 3.63) is 22.4 Å². The Balaban J connectivity index is 1.34. The van der Waals surface area contributed by atoms with Crippen LogP contribution in [-0.4, -0.2) is 80.3 Å². The predicted octanol–water partition coefficient (Wildman–Crippen LogP) is 2.30.